The molecular weight excluding hydrogens is 330 g/mol. The van der Waals surface area contributed by atoms with Crippen LogP contribution in [-0.4, -0.2) is 29.7 Å². The number of carbonyl (C=O) groups is 1. The number of hydrazine groups is 1. The zero-order valence-electron chi connectivity index (χ0n) is 15.0. The number of amides is 1. The van der Waals surface area contributed by atoms with E-state index in [1.54, 1.807) is 12.1 Å². The monoisotopic (exact) mass is 355 g/mol. The number of ether oxygens (including phenoxy) is 1. The number of phenolic OH excluding ortho intramolecular Hbond substituents is 1. The lowest BCUT2D eigenvalue weighted by Crippen LogP contribution is -2.47. The predicted octanol–water partition coefficient (Wildman–Crippen LogP) is 2.19. The molecule has 6 nitrogen and oxygen atoms in total. The van der Waals surface area contributed by atoms with Crippen LogP contribution in [0.15, 0.2) is 48.5 Å². The number of hydrogen-bond donors (Lipinski definition) is 4. The van der Waals surface area contributed by atoms with Gasteiger partial charge < -0.3 is 15.2 Å². The molecule has 138 valence electrons. The van der Waals surface area contributed by atoms with Gasteiger partial charge in [0.2, 0.25) is 5.91 Å². The van der Waals surface area contributed by atoms with Crippen LogP contribution < -0.4 is 20.9 Å². The summed E-state index contributed by atoms with van der Waals surface area (Å²) >= 11 is 0. The number of aromatic hydroxyl groups is 1. The van der Waals surface area contributed by atoms with Crippen molar-refractivity contribution in [2.75, 3.05) is 6.61 Å². The van der Waals surface area contributed by atoms with Crippen molar-refractivity contribution in [3.05, 3.63) is 59.7 Å². The van der Waals surface area contributed by atoms with Gasteiger partial charge in [-0.3, -0.25) is 4.79 Å². The molecule has 0 aliphatic carbocycles. The Morgan fingerprint density at radius 1 is 1.19 bits per heavy atom. The summed E-state index contributed by atoms with van der Waals surface area (Å²) in [6, 6.07) is 14.5. The van der Waals surface area contributed by atoms with Gasteiger partial charge in [0.15, 0.2) is 0 Å². The number of carbonyl (C=O) groups excluding carboxylic acids is 1. The van der Waals surface area contributed by atoms with E-state index in [0.29, 0.717) is 13.0 Å². The highest BCUT2D eigenvalue weighted by Gasteiger charge is 2.30. The largest absolute Gasteiger partial charge is 0.508 e. The minimum absolute atomic E-state index is 0.0328. The van der Waals surface area contributed by atoms with E-state index < -0.39 is 0 Å². The van der Waals surface area contributed by atoms with Crippen molar-refractivity contribution in [2.45, 2.75) is 38.4 Å². The maximum Gasteiger partial charge on any atom is 0.238 e. The van der Waals surface area contributed by atoms with E-state index in [4.69, 9.17) is 4.74 Å². The topological polar surface area (TPSA) is 82.6 Å². The molecule has 1 aliphatic rings. The van der Waals surface area contributed by atoms with Crippen molar-refractivity contribution in [3.8, 4) is 11.5 Å². The lowest BCUT2D eigenvalue weighted by molar-refractivity contribution is -0.123. The molecule has 3 atom stereocenters. The Morgan fingerprint density at radius 3 is 2.58 bits per heavy atom. The predicted molar refractivity (Wildman–Crippen MR) is 99.8 cm³/mol. The first-order valence-corrected chi connectivity index (χ1v) is 8.81. The van der Waals surface area contributed by atoms with Crippen molar-refractivity contribution in [1.82, 2.24) is 16.2 Å². The molecule has 1 saturated heterocycles. The third kappa shape index (κ3) is 4.74. The van der Waals surface area contributed by atoms with Gasteiger partial charge in [0.25, 0.3) is 0 Å². The normalized spacial score (nSPS) is 20.5. The Kier molecular flexibility index (Phi) is 5.75. The summed E-state index contributed by atoms with van der Waals surface area (Å²) < 4.78 is 5.71. The lowest BCUT2D eigenvalue weighted by atomic mass is 10.0. The smallest absolute Gasteiger partial charge is 0.238 e. The molecule has 2 aromatic carbocycles. The van der Waals surface area contributed by atoms with Gasteiger partial charge in [-0.05, 0) is 50.1 Å². The number of phenols is 1. The summed E-state index contributed by atoms with van der Waals surface area (Å²) in [6.07, 6.45) is 0.641. The van der Waals surface area contributed by atoms with E-state index in [-0.39, 0.29) is 29.8 Å². The quantitative estimate of drug-likeness (QED) is 0.639. The maximum atomic E-state index is 12.4. The van der Waals surface area contributed by atoms with Crippen molar-refractivity contribution >= 4 is 5.91 Å². The fraction of sp³-hybridized carbons (Fsp3) is 0.350. The second-order valence-electron chi connectivity index (χ2n) is 6.75. The molecule has 0 saturated carbocycles. The minimum atomic E-state index is -0.310. The molecule has 1 aliphatic heterocycles. The fourth-order valence-corrected chi connectivity index (χ4v) is 2.89. The maximum absolute atomic E-state index is 12.4. The Labute approximate surface area is 153 Å². The van der Waals surface area contributed by atoms with Crippen LogP contribution in [0.25, 0.3) is 0 Å². The highest BCUT2D eigenvalue weighted by Crippen LogP contribution is 2.24. The molecular formula is C20H25N3O3. The van der Waals surface area contributed by atoms with Crippen molar-refractivity contribution in [2.24, 2.45) is 0 Å². The van der Waals surface area contributed by atoms with Gasteiger partial charge in [-0.15, -0.1) is 0 Å². The molecule has 26 heavy (non-hydrogen) atoms. The molecule has 1 heterocycles. The van der Waals surface area contributed by atoms with E-state index in [0.717, 1.165) is 11.3 Å². The van der Waals surface area contributed by atoms with Gasteiger partial charge in [0.05, 0.1) is 6.04 Å². The zero-order valence-corrected chi connectivity index (χ0v) is 15.0. The Bertz CT molecular complexity index is 731. The Balaban J connectivity index is 1.45. The van der Waals surface area contributed by atoms with Gasteiger partial charge in [-0.2, -0.15) is 0 Å². The summed E-state index contributed by atoms with van der Waals surface area (Å²) in [7, 11) is 0. The molecule has 6 heteroatoms. The number of nitrogens with one attached hydrogen (secondary N) is 3. The first-order valence-electron chi connectivity index (χ1n) is 8.81. The zero-order chi connectivity index (χ0) is 18.5. The Hall–Kier alpha value is -2.57. The molecule has 2 aromatic rings. The van der Waals surface area contributed by atoms with Crippen LogP contribution in [0.5, 0.6) is 11.5 Å². The van der Waals surface area contributed by atoms with E-state index >= 15 is 0 Å². The summed E-state index contributed by atoms with van der Waals surface area (Å²) in [5, 5.41) is 12.4. The van der Waals surface area contributed by atoms with Crippen LogP contribution in [0.2, 0.25) is 0 Å². The van der Waals surface area contributed by atoms with Gasteiger partial charge in [0.1, 0.15) is 24.1 Å². The third-order valence-electron chi connectivity index (χ3n) is 4.42. The van der Waals surface area contributed by atoms with Crippen LogP contribution in [0.3, 0.4) is 0 Å². The number of rotatable bonds is 6. The van der Waals surface area contributed by atoms with Gasteiger partial charge in [-0.25, -0.2) is 10.9 Å². The summed E-state index contributed by atoms with van der Waals surface area (Å²) in [6.45, 7) is 4.36. The summed E-state index contributed by atoms with van der Waals surface area (Å²) in [4.78, 5) is 12.4. The molecule has 0 spiro atoms. The third-order valence-corrected chi connectivity index (χ3v) is 4.42. The van der Waals surface area contributed by atoms with E-state index in [1.165, 1.54) is 5.56 Å². The standard InChI is InChI=1S/C20H25N3O3/c1-13-3-9-17(10-4-13)26-12-14(2)21-20(25)19-11-18(22-23-19)15-5-7-16(24)8-6-15/h3-10,14,18-19,22-24H,11-12H2,1-2H3,(H,21,25). The van der Waals surface area contributed by atoms with Crippen molar-refractivity contribution in [3.63, 3.8) is 0 Å². The lowest BCUT2D eigenvalue weighted by Gasteiger charge is -2.17. The van der Waals surface area contributed by atoms with Crippen LogP contribution in [0, 0.1) is 6.92 Å². The SMILES string of the molecule is Cc1ccc(OCC(C)NC(=O)C2CC(c3ccc(O)cc3)NN2)cc1. The first-order chi connectivity index (χ1) is 12.5. The molecule has 0 radical (unpaired) electrons. The molecule has 0 bridgehead atoms. The van der Waals surface area contributed by atoms with E-state index in [1.807, 2.05) is 50.2 Å². The fourth-order valence-electron chi connectivity index (χ4n) is 2.89. The summed E-state index contributed by atoms with van der Waals surface area (Å²) in [5.41, 5.74) is 8.39. The van der Waals surface area contributed by atoms with Crippen molar-refractivity contribution < 1.29 is 14.6 Å². The van der Waals surface area contributed by atoms with Gasteiger partial charge >= 0.3 is 0 Å². The highest BCUT2D eigenvalue weighted by molar-refractivity contribution is 5.82. The number of aryl methyl sites for hydroxylation is 1. The molecule has 0 aromatic heterocycles. The Morgan fingerprint density at radius 2 is 1.88 bits per heavy atom. The van der Waals surface area contributed by atoms with Gasteiger partial charge in [0, 0.05) is 6.04 Å². The minimum Gasteiger partial charge on any atom is -0.508 e. The van der Waals surface area contributed by atoms with E-state index in [9.17, 15) is 9.90 Å². The van der Waals surface area contributed by atoms with Crippen LogP contribution in [0.4, 0.5) is 0 Å². The number of benzene rings is 2. The highest BCUT2D eigenvalue weighted by atomic mass is 16.5. The van der Waals surface area contributed by atoms with Crippen molar-refractivity contribution in [1.29, 1.82) is 0 Å². The molecule has 3 rings (SSSR count). The summed E-state index contributed by atoms with van der Waals surface area (Å²) in [5.74, 6) is 0.972. The van der Waals surface area contributed by atoms with Gasteiger partial charge in [-0.1, -0.05) is 29.8 Å². The second kappa shape index (κ2) is 8.21. The first kappa shape index (κ1) is 18.2. The number of hydrogen-bond acceptors (Lipinski definition) is 5. The van der Waals surface area contributed by atoms with E-state index in [2.05, 4.69) is 16.2 Å². The average molecular weight is 355 g/mol. The average Bonchev–Trinajstić information content (AvgIpc) is 3.12. The molecule has 4 N–H and O–H groups in total. The second-order valence-corrected chi connectivity index (χ2v) is 6.75. The van der Waals surface area contributed by atoms with Crippen LogP contribution in [-0.2, 0) is 4.79 Å². The molecule has 3 unspecified atom stereocenters. The van der Waals surface area contributed by atoms with Crippen LogP contribution in [0.1, 0.15) is 30.5 Å². The molecule has 1 fully saturated rings. The molecule has 1 amide bonds. The van der Waals surface area contributed by atoms with Crippen LogP contribution >= 0.6 is 0 Å².